The van der Waals surface area contributed by atoms with Gasteiger partial charge in [0, 0.05) is 19.0 Å². The molecule has 0 saturated heterocycles. The average molecular weight is 194 g/mol. The van der Waals surface area contributed by atoms with E-state index in [2.05, 4.69) is 16.9 Å². The summed E-state index contributed by atoms with van der Waals surface area (Å²) in [7, 11) is 0. The number of rotatable bonds is 5. The number of hydrogen-bond acceptors (Lipinski definition) is 3. The van der Waals surface area contributed by atoms with Crippen LogP contribution in [0.3, 0.4) is 0 Å². The lowest BCUT2D eigenvalue weighted by molar-refractivity contribution is 0.342. The molecule has 1 rings (SSSR count). The van der Waals surface area contributed by atoms with E-state index in [1.807, 2.05) is 12.2 Å². The summed E-state index contributed by atoms with van der Waals surface area (Å²) >= 11 is 0. The molecule has 1 aliphatic rings. The van der Waals surface area contributed by atoms with Crippen molar-refractivity contribution < 1.29 is 5.11 Å². The summed E-state index contributed by atoms with van der Waals surface area (Å²) in [5.74, 6) is 1.30. The van der Waals surface area contributed by atoms with Gasteiger partial charge >= 0.3 is 0 Å². The number of nitrogens with one attached hydrogen (secondary N) is 1. The normalized spacial score (nSPS) is 18.8. The Morgan fingerprint density at radius 1 is 1.57 bits per heavy atom. The molecule has 0 aromatic carbocycles. The minimum absolute atomic E-state index is 0.101. The van der Waals surface area contributed by atoms with Crippen molar-refractivity contribution in [3.8, 4) is 0 Å². The maximum atomic E-state index is 8.60. The zero-order chi connectivity index (χ0) is 10.2. The number of aliphatic hydroxyl groups is 1. The van der Waals surface area contributed by atoms with Crippen LogP contribution < -0.4 is 5.32 Å². The number of hydrogen-bond donors (Lipinski definition) is 2. The monoisotopic (exact) mass is 194 g/mol. The van der Waals surface area contributed by atoms with E-state index in [4.69, 9.17) is 5.11 Å². The lowest BCUT2D eigenvalue weighted by atomic mass is 10.0. The quantitative estimate of drug-likeness (QED) is 0.644. The van der Waals surface area contributed by atoms with Crippen LogP contribution in [0.5, 0.6) is 0 Å². The van der Waals surface area contributed by atoms with Gasteiger partial charge in [-0.25, -0.2) is 0 Å². The number of amidine groups is 1. The van der Waals surface area contributed by atoms with Crippen LogP contribution in [0.2, 0.25) is 0 Å². The fraction of sp³-hybridized carbons (Fsp3) is 0.545. The van der Waals surface area contributed by atoms with Gasteiger partial charge in [0.25, 0.3) is 0 Å². The Morgan fingerprint density at radius 3 is 3.00 bits per heavy atom. The minimum atomic E-state index is 0.101. The fourth-order valence-corrected chi connectivity index (χ4v) is 1.44. The lowest BCUT2D eigenvalue weighted by Gasteiger charge is -2.19. The molecule has 2 N–H and O–H groups in total. The molecule has 1 heterocycles. The predicted octanol–water partition coefficient (Wildman–Crippen LogP) is 1.12. The molecular weight excluding hydrogens is 176 g/mol. The van der Waals surface area contributed by atoms with E-state index < -0.39 is 0 Å². The highest BCUT2D eigenvalue weighted by atomic mass is 16.2. The molecule has 0 spiro atoms. The fourth-order valence-electron chi connectivity index (χ4n) is 1.44. The highest BCUT2D eigenvalue weighted by Crippen LogP contribution is 2.09. The molecular formula is C11H18N2O. The van der Waals surface area contributed by atoms with E-state index in [1.165, 1.54) is 0 Å². The van der Waals surface area contributed by atoms with Crippen molar-refractivity contribution in [2.24, 2.45) is 10.9 Å². The van der Waals surface area contributed by atoms with E-state index >= 15 is 0 Å². The number of allylic oxidation sites excluding steroid dienone is 1. The Hall–Kier alpha value is -1.09. The Morgan fingerprint density at radius 2 is 2.43 bits per heavy atom. The minimum Gasteiger partial charge on any atom is -0.392 e. The lowest BCUT2D eigenvalue weighted by Crippen LogP contribution is -2.34. The van der Waals surface area contributed by atoms with E-state index in [0.717, 1.165) is 31.8 Å². The number of aliphatic hydroxyl groups excluding tert-OH is 1. The van der Waals surface area contributed by atoms with Crippen LogP contribution in [0.25, 0.3) is 0 Å². The smallest absolute Gasteiger partial charge is 0.104 e. The summed E-state index contributed by atoms with van der Waals surface area (Å²) in [5, 5.41) is 11.9. The molecule has 1 unspecified atom stereocenters. The molecule has 14 heavy (non-hydrogen) atoms. The van der Waals surface area contributed by atoms with Crippen molar-refractivity contribution in [2.45, 2.75) is 12.8 Å². The van der Waals surface area contributed by atoms with Crippen LogP contribution in [0.1, 0.15) is 12.8 Å². The maximum Gasteiger partial charge on any atom is 0.104 e. The van der Waals surface area contributed by atoms with Crippen LogP contribution in [0.15, 0.2) is 29.8 Å². The largest absolute Gasteiger partial charge is 0.392 e. The van der Waals surface area contributed by atoms with Crippen molar-refractivity contribution in [1.29, 1.82) is 0 Å². The Bertz CT molecular complexity index is 233. The van der Waals surface area contributed by atoms with Gasteiger partial charge in [-0.15, -0.1) is 6.58 Å². The van der Waals surface area contributed by atoms with Gasteiger partial charge in [0.2, 0.25) is 0 Å². The molecule has 3 heteroatoms. The van der Waals surface area contributed by atoms with Gasteiger partial charge in [0.15, 0.2) is 0 Å². The maximum absolute atomic E-state index is 8.60. The van der Waals surface area contributed by atoms with Crippen molar-refractivity contribution in [3.05, 3.63) is 24.8 Å². The van der Waals surface area contributed by atoms with E-state index in [-0.39, 0.29) is 12.5 Å². The topological polar surface area (TPSA) is 44.6 Å². The first kappa shape index (κ1) is 11.0. The van der Waals surface area contributed by atoms with Crippen LogP contribution in [-0.4, -0.2) is 30.6 Å². The van der Waals surface area contributed by atoms with Gasteiger partial charge in [-0.05, 0) is 12.8 Å². The SMILES string of the molecule is C=CC(C/C=C/CO)C1=NCCCN1. The second-order valence-corrected chi connectivity index (χ2v) is 3.28. The summed E-state index contributed by atoms with van der Waals surface area (Å²) < 4.78 is 0. The van der Waals surface area contributed by atoms with Crippen molar-refractivity contribution in [3.63, 3.8) is 0 Å². The molecule has 0 fully saturated rings. The summed E-state index contributed by atoms with van der Waals surface area (Å²) in [6.07, 6.45) is 7.58. The third-order valence-electron chi connectivity index (χ3n) is 2.22. The standard InChI is InChI=1S/C11H18N2O/c1-2-10(6-3-4-9-14)11-12-7-5-8-13-11/h2-4,10,14H,1,5-9H2,(H,12,13)/b4-3+. The zero-order valence-electron chi connectivity index (χ0n) is 8.45. The average Bonchev–Trinajstić information content (AvgIpc) is 2.26. The molecule has 78 valence electrons. The molecule has 0 aliphatic carbocycles. The van der Waals surface area contributed by atoms with Crippen LogP contribution >= 0.6 is 0 Å². The molecule has 0 aromatic rings. The van der Waals surface area contributed by atoms with Gasteiger partial charge < -0.3 is 10.4 Å². The third-order valence-corrected chi connectivity index (χ3v) is 2.22. The molecule has 0 saturated carbocycles. The van der Waals surface area contributed by atoms with Crippen molar-refractivity contribution >= 4 is 5.84 Å². The number of aliphatic imine (C=N–C) groups is 1. The Balaban J connectivity index is 2.47. The molecule has 1 atom stereocenters. The van der Waals surface area contributed by atoms with Gasteiger partial charge in [-0.3, -0.25) is 4.99 Å². The first-order valence-corrected chi connectivity index (χ1v) is 5.05. The van der Waals surface area contributed by atoms with Crippen LogP contribution in [0, 0.1) is 5.92 Å². The van der Waals surface area contributed by atoms with Crippen LogP contribution in [-0.2, 0) is 0 Å². The number of nitrogens with zero attached hydrogens (tertiary/aromatic N) is 1. The molecule has 0 bridgehead atoms. The van der Waals surface area contributed by atoms with Crippen molar-refractivity contribution in [2.75, 3.05) is 19.7 Å². The summed E-state index contributed by atoms with van der Waals surface area (Å²) in [6, 6.07) is 0. The summed E-state index contributed by atoms with van der Waals surface area (Å²) in [4.78, 5) is 4.42. The Labute approximate surface area is 85.2 Å². The highest BCUT2D eigenvalue weighted by Gasteiger charge is 2.12. The second-order valence-electron chi connectivity index (χ2n) is 3.28. The van der Waals surface area contributed by atoms with E-state index in [1.54, 1.807) is 6.08 Å². The second kappa shape index (κ2) is 6.38. The van der Waals surface area contributed by atoms with Gasteiger partial charge in [0.1, 0.15) is 5.84 Å². The Kier molecular flexibility index (Phi) is 5.00. The molecule has 1 aliphatic heterocycles. The van der Waals surface area contributed by atoms with Gasteiger partial charge in [0.05, 0.1) is 6.61 Å². The van der Waals surface area contributed by atoms with Gasteiger partial charge in [-0.1, -0.05) is 18.2 Å². The predicted molar refractivity (Wildman–Crippen MR) is 59.5 cm³/mol. The summed E-state index contributed by atoms with van der Waals surface area (Å²) in [5.41, 5.74) is 0. The van der Waals surface area contributed by atoms with Crippen LogP contribution in [0.4, 0.5) is 0 Å². The van der Waals surface area contributed by atoms with E-state index in [0.29, 0.717) is 0 Å². The summed E-state index contributed by atoms with van der Waals surface area (Å²) in [6.45, 7) is 5.82. The first-order valence-electron chi connectivity index (χ1n) is 5.05. The van der Waals surface area contributed by atoms with Crippen molar-refractivity contribution in [1.82, 2.24) is 5.32 Å². The van der Waals surface area contributed by atoms with E-state index in [9.17, 15) is 0 Å². The first-order chi connectivity index (χ1) is 6.88. The van der Waals surface area contributed by atoms with Gasteiger partial charge in [-0.2, -0.15) is 0 Å². The molecule has 0 radical (unpaired) electrons. The molecule has 0 amide bonds. The zero-order valence-corrected chi connectivity index (χ0v) is 8.45. The molecule has 3 nitrogen and oxygen atoms in total. The molecule has 0 aromatic heterocycles. The third kappa shape index (κ3) is 3.34. The highest BCUT2D eigenvalue weighted by molar-refractivity contribution is 5.86.